The van der Waals surface area contributed by atoms with E-state index in [0.717, 1.165) is 56.1 Å². The molecule has 318 valence electrons. The summed E-state index contributed by atoms with van der Waals surface area (Å²) in [6.45, 7) is 20.5. The van der Waals surface area contributed by atoms with Gasteiger partial charge in [-0.15, -0.1) is 10.2 Å². The lowest BCUT2D eigenvalue weighted by Gasteiger charge is -2.72. The number of benzene rings is 1. The predicted octanol–water partition coefficient (Wildman–Crippen LogP) is 8.73. The van der Waals surface area contributed by atoms with E-state index in [1.807, 2.05) is 11.6 Å². The summed E-state index contributed by atoms with van der Waals surface area (Å²) in [6, 6.07) is 6.20. The number of ketones is 1. The van der Waals surface area contributed by atoms with Gasteiger partial charge in [0.15, 0.2) is 17.4 Å². The van der Waals surface area contributed by atoms with Crippen molar-refractivity contribution in [2.45, 2.75) is 145 Å². The number of esters is 1. The lowest BCUT2D eigenvalue weighted by Crippen LogP contribution is -2.66. The van der Waals surface area contributed by atoms with Crippen LogP contribution in [0.1, 0.15) is 138 Å². The number of carbonyl (C=O) groups excluding carboxylic acids is 2. The van der Waals surface area contributed by atoms with Gasteiger partial charge in [-0.1, -0.05) is 48.5 Å². The first-order valence-corrected chi connectivity index (χ1v) is 21.8. The fraction of sp³-hybridized carbons (Fsp3) is 0.723. The van der Waals surface area contributed by atoms with Gasteiger partial charge in [-0.2, -0.15) is 0 Å². The van der Waals surface area contributed by atoms with Crippen LogP contribution in [0.3, 0.4) is 0 Å². The summed E-state index contributed by atoms with van der Waals surface area (Å²) in [5.74, 6) is 0.234. The van der Waals surface area contributed by atoms with Gasteiger partial charge in [-0.25, -0.2) is 4.39 Å². The van der Waals surface area contributed by atoms with Crippen molar-refractivity contribution in [2.75, 3.05) is 13.6 Å². The standard InChI is InChI=1S/C47H67FN4O6/c1-27(2)36-31(53)25-47(38(55)40-51-50-39(52(40)24-23-49-10)28-11-13-29(48)14-12-28)22-21-45(8)30(37(36)47)15-16-33-44(7)19-18-34(58-35(54)26-42(3,4)41(56)57)43(5,6)32(44)17-20-46(33,45)9/h11-14,27,30,32-34,38,49,55H,15-26H2,1-10H3,(H,56,57)/t30-,32+,33-,34+,38-,44+,45-,46-,47-/m1/s1. The Morgan fingerprint density at radius 1 is 0.966 bits per heavy atom. The number of allylic oxidation sites excluding steroid dienone is 1. The molecule has 0 aliphatic heterocycles. The highest BCUT2D eigenvalue weighted by molar-refractivity contribution is 6.00. The van der Waals surface area contributed by atoms with Gasteiger partial charge in [0.05, 0.1) is 11.8 Å². The van der Waals surface area contributed by atoms with Gasteiger partial charge in [0.25, 0.3) is 0 Å². The van der Waals surface area contributed by atoms with Gasteiger partial charge in [-0.3, -0.25) is 14.4 Å². The SMILES string of the molecule is CNCCn1c(-c2ccc(F)cc2)nnc1[C@@H](O)[C@@]12CC[C@]3(C)[C@H](CC[C@@H]4[C@@]5(C)CC[C@H](OC(=O)CC(C)(C)C(=O)O)C(C)(C)[C@@H]5CC[C@]43C)C1=C(C(C)C)C(=O)C2. The molecule has 5 aliphatic carbocycles. The number of halogens is 1. The Morgan fingerprint density at radius 3 is 2.29 bits per heavy atom. The van der Waals surface area contributed by atoms with E-state index in [2.05, 4.69) is 64.0 Å². The Balaban J connectivity index is 1.22. The van der Waals surface area contributed by atoms with Crippen molar-refractivity contribution in [1.29, 1.82) is 0 Å². The molecule has 9 atom stereocenters. The molecule has 3 N–H and O–H groups in total. The van der Waals surface area contributed by atoms with Crippen molar-refractivity contribution in [3.63, 3.8) is 0 Å². The molecule has 10 nitrogen and oxygen atoms in total. The maximum absolute atomic E-state index is 14.4. The Kier molecular flexibility index (Phi) is 10.8. The molecule has 0 unspecified atom stereocenters. The summed E-state index contributed by atoms with van der Waals surface area (Å²) in [6.07, 6.45) is 5.95. The number of carboxylic acid groups (broad SMARTS) is 1. The molecule has 0 radical (unpaired) electrons. The van der Waals surface area contributed by atoms with Crippen LogP contribution in [0.5, 0.6) is 0 Å². The predicted molar refractivity (Wildman–Crippen MR) is 220 cm³/mol. The van der Waals surface area contributed by atoms with Crippen molar-refractivity contribution >= 4 is 17.7 Å². The molecule has 4 saturated carbocycles. The minimum absolute atomic E-state index is 0.00299. The first-order valence-electron chi connectivity index (χ1n) is 21.8. The van der Waals surface area contributed by atoms with Crippen molar-refractivity contribution in [2.24, 2.45) is 56.2 Å². The highest BCUT2D eigenvalue weighted by atomic mass is 19.1. The molecular formula is C47H67FN4O6. The molecule has 0 amide bonds. The van der Waals surface area contributed by atoms with Crippen LogP contribution in [0.2, 0.25) is 0 Å². The summed E-state index contributed by atoms with van der Waals surface area (Å²) in [4.78, 5) is 39.4. The normalized spacial score (nSPS) is 34.9. The third kappa shape index (κ3) is 6.33. The molecule has 1 aromatic carbocycles. The Bertz CT molecular complexity index is 1990. The van der Waals surface area contributed by atoms with Gasteiger partial charge >= 0.3 is 11.9 Å². The van der Waals surface area contributed by atoms with Gasteiger partial charge in [0, 0.05) is 35.9 Å². The minimum Gasteiger partial charge on any atom is -0.481 e. The van der Waals surface area contributed by atoms with Crippen LogP contribution >= 0.6 is 0 Å². The number of ether oxygens (including phenoxy) is 1. The van der Waals surface area contributed by atoms with Crippen molar-refractivity contribution < 1.29 is 33.7 Å². The molecular weight excluding hydrogens is 736 g/mol. The summed E-state index contributed by atoms with van der Waals surface area (Å²) < 4.78 is 22.1. The third-order valence-electron chi connectivity index (χ3n) is 17.1. The van der Waals surface area contributed by atoms with Crippen LogP contribution in [-0.2, 0) is 25.7 Å². The number of hydrogen-bond acceptors (Lipinski definition) is 8. The number of nitrogens with one attached hydrogen (secondary N) is 1. The highest BCUT2D eigenvalue weighted by Crippen LogP contribution is 2.77. The van der Waals surface area contributed by atoms with E-state index < -0.39 is 28.9 Å². The summed E-state index contributed by atoms with van der Waals surface area (Å²) in [5.41, 5.74) is 0.338. The second-order valence-electron chi connectivity index (χ2n) is 21.1. The minimum atomic E-state index is -1.19. The van der Waals surface area contributed by atoms with E-state index in [-0.39, 0.29) is 64.0 Å². The number of hydrogen-bond donors (Lipinski definition) is 3. The summed E-state index contributed by atoms with van der Waals surface area (Å²) in [5, 5.41) is 35.0. The van der Waals surface area contributed by atoms with E-state index in [1.54, 1.807) is 26.0 Å². The largest absolute Gasteiger partial charge is 0.481 e. The Morgan fingerprint density at radius 2 is 1.66 bits per heavy atom. The number of nitrogens with zero attached hydrogens (tertiary/aromatic N) is 3. The van der Waals surface area contributed by atoms with Crippen molar-refractivity contribution in [3.05, 3.63) is 47.1 Å². The molecule has 0 saturated heterocycles. The van der Waals surface area contributed by atoms with Crippen molar-refractivity contribution in [1.82, 2.24) is 20.1 Å². The maximum atomic E-state index is 14.4. The topological polar surface area (TPSA) is 144 Å². The molecule has 11 heteroatoms. The fourth-order valence-electron chi connectivity index (χ4n) is 13.9. The second kappa shape index (κ2) is 14.6. The summed E-state index contributed by atoms with van der Waals surface area (Å²) >= 11 is 0. The lowest BCUT2D eigenvalue weighted by atomic mass is 9.33. The number of Topliss-reactive ketones (excluding diaryl/α,β-unsaturated/α-hetero) is 1. The molecule has 0 spiro atoms. The summed E-state index contributed by atoms with van der Waals surface area (Å²) in [7, 11) is 1.88. The highest BCUT2D eigenvalue weighted by Gasteiger charge is 2.71. The zero-order valence-electron chi connectivity index (χ0n) is 36.5. The van der Waals surface area contributed by atoms with Crippen LogP contribution in [0.15, 0.2) is 35.4 Å². The average Bonchev–Trinajstić information content (AvgIpc) is 3.70. The van der Waals surface area contributed by atoms with Crippen LogP contribution in [0.25, 0.3) is 11.4 Å². The fourth-order valence-corrected chi connectivity index (χ4v) is 13.9. The van der Waals surface area contributed by atoms with Crippen LogP contribution < -0.4 is 5.32 Å². The molecule has 2 aromatic rings. The van der Waals surface area contributed by atoms with Gasteiger partial charge in [-0.05, 0) is 148 Å². The van der Waals surface area contributed by atoms with Crippen molar-refractivity contribution in [3.8, 4) is 11.4 Å². The van der Waals surface area contributed by atoms with Gasteiger partial charge in [0.1, 0.15) is 18.0 Å². The zero-order valence-corrected chi connectivity index (χ0v) is 36.5. The van der Waals surface area contributed by atoms with E-state index in [9.17, 15) is 29.0 Å². The number of likely N-dealkylation sites (N-methyl/N-ethyl adjacent to an activating group) is 1. The van der Waals surface area contributed by atoms with Gasteiger partial charge in [0.2, 0.25) is 0 Å². The smallest absolute Gasteiger partial charge is 0.309 e. The lowest BCUT2D eigenvalue weighted by molar-refractivity contribution is -0.235. The van der Waals surface area contributed by atoms with Crippen LogP contribution in [0.4, 0.5) is 4.39 Å². The monoisotopic (exact) mass is 803 g/mol. The first kappa shape index (κ1) is 42.7. The van der Waals surface area contributed by atoms with Gasteiger partial charge < -0.3 is 24.8 Å². The van der Waals surface area contributed by atoms with Crippen LogP contribution in [-0.4, -0.2) is 62.4 Å². The Hall–Kier alpha value is -3.44. The third-order valence-corrected chi connectivity index (χ3v) is 17.1. The number of fused-ring (bicyclic) bond motifs is 7. The molecule has 1 aromatic heterocycles. The molecule has 1 heterocycles. The number of aliphatic hydroxyl groups is 1. The number of aromatic nitrogens is 3. The first-order chi connectivity index (χ1) is 27.1. The molecule has 4 fully saturated rings. The average molecular weight is 803 g/mol. The number of aliphatic carboxylic acids is 1. The van der Waals surface area contributed by atoms with Crippen LogP contribution in [0, 0.1) is 62.0 Å². The Labute approximate surface area is 344 Å². The second-order valence-corrected chi connectivity index (χ2v) is 21.1. The number of carbonyl (C=O) groups is 3. The quantitative estimate of drug-likeness (QED) is 0.190. The molecule has 0 bridgehead atoms. The number of aliphatic hydroxyl groups excluding tert-OH is 1. The number of rotatable bonds is 11. The maximum Gasteiger partial charge on any atom is 0.309 e. The van der Waals surface area contributed by atoms with E-state index in [0.29, 0.717) is 48.6 Å². The zero-order chi connectivity index (χ0) is 42.4. The molecule has 5 aliphatic rings. The van der Waals surface area contributed by atoms with E-state index in [4.69, 9.17) is 4.74 Å². The number of carboxylic acids is 1. The molecule has 7 rings (SSSR count). The molecule has 58 heavy (non-hydrogen) atoms. The van der Waals surface area contributed by atoms with E-state index >= 15 is 0 Å². The van der Waals surface area contributed by atoms with E-state index in [1.165, 1.54) is 12.1 Å².